The van der Waals surface area contributed by atoms with E-state index in [9.17, 15) is 8.78 Å². The second-order valence-electron chi connectivity index (χ2n) is 3.72. The van der Waals surface area contributed by atoms with E-state index >= 15 is 0 Å². The third-order valence-electron chi connectivity index (χ3n) is 2.39. The molecule has 0 amide bonds. The quantitative estimate of drug-likeness (QED) is 0.890. The molecular weight excluding hydrogens is 228 g/mol. The summed E-state index contributed by atoms with van der Waals surface area (Å²) in [5, 5.41) is 3.70. The lowest BCUT2D eigenvalue weighted by atomic mass is 10.2. The summed E-state index contributed by atoms with van der Waals surface area (Å²) in [6.07, 6.45) is 0. The SMILES string of the molecule is CC(CN)c1nc(-c2ccc(F)c(F)c2)no1. The van der Waals surface area contributed by atoms with Gasteiger partial charge in [-0.05, 0) is 18.2 Å². The first kappa shape index (κ1) is 11.7. The predicted octanol–water partition coefficient (Wildman–Crippen LogP) is 2.08. The van der Waals surface area contributed by atoms with Crippen molar-refractivity contribution in [3.8, 4) is 11.4 Å². The van der Waals surface area contributed by atoms with Crippen molar-refractivity contribution in [2.24, 2.45) is 5.73 Å². The van der Waals surface area contributed by atoms with Crippen LogP contribution < -0.4 is 5.73 Å². The topological polar surface area (TPSA) is 64.9 Å². The van der Waals surface area contributed by atoms with Crippen LogP contribution in [0.1, 0.15) is 18.7 Å². The number of halogens is 2. The van der Waals surface area contributed by atoms with Gasteiger partial charge in [0, 0.05) is 18.0 Å². The Bertz CT molecular complexity index is 527. The van der Waals surface area contributed by atoms with Crippen LogP contribution in [0.3, 0.4) is 0 Å². The summed E-state index contributed by atoms with van der Waals surface area (Å²) in [4.78, 5) is 4.08. The van der Waals surface area contributed by atoms with Crippen molar-refractivity contribution in [2.75, 3.05) is 6.54 Å². The maximum absolute atomic E-state index is 13.0. The zero-order chi connectivity index (χ0) is 12.4. The van der Waals surface area contributed by atoms with Crippen molar-refractivity contribution in [3.05, 3.63) is 35.7 Å². The average molecular weight is 239 g/mol. The highest BCUT2D eigenvalue weighted by Crippen LogP contribution is 2.20. The minimum absolute atomic E-state index is 0.0680. The van der Waals surface area contributed by atoms with Crippen molar-refractivity contribution in [2.45, 2.75) is 12.8 Å². The molecule has 0 spiro atoms. The predicted molar refractivity (Wildman–Crippen MR) is 57.1 cm³/mol. The number of aromatic nitrogens is 2. The number of hydrogen-bond donors (Lipinski definition) is 1. The van der Waals surface area contributed by atoms with Gasteiger partial charge in [-0.15, -0.1) is 0 Å². The molecule has 0 bridgehead atoms. The molecule has 0 saturated heterocycles. The molecule has 2 rings (SSSR count). The smallest absolute Gasteiger partial charge is 0.231 e. The van der Waals surface area contributed by atoms with Gasteiger partial charge >= 0.3 is 0 Å². The van der Waals surface area contributed by atoms with E-state index in [1.165, 1.54) is 6.07 Å². The molecule has 90 valence electrons. The van der Waals surface area contributed by atoms with Gasteiger partial charge in [-0.25, -0.2) is 8.78 Å². The van der Waals surface area contributed by atoms with Crippen LogP contribution in [-0.4, -0.2) is 16.7 Å². The summed E-state index contributed by atoms with van der Waals surface area (Å²) in [5.74, 6) is -1.32. The highest BCUT2D eigenvalue weighted by molar-refractivity contribution is 5.54. The van der Waals surface area contributed by atoms with Crippen LogP contribution in [0.4, 0.5) is 8.78 Å². The number of nitrogens with two attached hydrogens (primary N) is 1. The summed E-state index contributed by atoms with van der Waals surface area (Å²) in [6, 6.07) is 3.43. The first-order valence-electron chi connectivity index (χ1n) is 5.11. The van der Waals surface area contributed by atoms with Crippen molar-refractivity contribution < 1.29 is 13.3 Å². The average Bonchev–Trinajstić information content (AvgIpc) is 2.81. The zero-order valence-corrected chi connectivity index (χ0v) is 9.15. The van der Waals surface area contributed by atoms with Crippen molar-refractivity contribution in [1.29, 1.82) is 0 Å². The normalized spacial score (nSPS) is 12.7. The van der Waals surface area contributed by atoms with E-state index < -0.39 is 11.6 Å². The van der Waals surface area contributed by atoms with Gasteiger partial charge in [0.1, 0.15) is 0 Å². The van der Waals surface area contributed by atoms with Crippen LogP contribution in [0.15, 0.2) is 22.7 Å². The molecule has 0 aliphatic heterocycles. The molecule has 2 aromatic rings. The zero-order valence-electron chi connectivity index (χ0n) is 9.15. The molecule has 2 N–H and O–H groups in total. The van der Waals surface area contributed by atoms with Crippen LogP contribution >= 0.6 is 0 Å². The fraction of sp³-hybridized carbons (Fsp3) is 0.273. The second-order valence-corrected chi connectivity index (χ2v) is 3.72. The Labute approximate surface area is 96.4 Å². The van der Waals surface area contributed by atoms with Crippen molar-refractivity contribution in [1.82, 2.24) is 10.1 Å². The van der Waals surface area contributed by atoms with Crippen LogP contribution in [-0.2, 0) is 0 Å². The van der Waals surface area contributed by atoms with E-state index in [4.69, 9.17) is 10.3 Å². The van der Waals surface area contributed by atoms with Gasteiger partial charge in [0.2, 0.25) is 11.7 Å². The largest absolute Gasteiger partial charge is 0.339 e. The molecule has 1 aromatic heterocycles. The minimum atomic E-state index is -0.944. The summed E-state index contributed by atoms with van der Waals surface area (Å²) < 4.78 is 30.7. The van der Waals surface area contributed by atoms with E-state index in [0.29, 0.717) is 18.0 Å². The number of hydrogen-bond acceptors (Lipinski definition) is 4. The Morgan fingerprint density at radius 3 is 2.76 bits per heavy atom. The third-order valence-corrected chi connectivity index (χ3v) is 2.39. The van der Waals surface area contributed by atoms with Gasteiger partial charge in [0.15, 0.2) is 11.6 Å². The van der Waals surface area contributed by atoms with E-state index in [1.807, 2.05) is 6.92 Å². The highest BCUT2D eigenvalue weighted by atomic mass is 19.2. The molecule has 1 aromatic carbocycles. The van der Waals surface area contributed by atoms with Crippen LogP contribution in [0.5, 0.6) is 0 Å². The lowest BCUT2D eigenvalue weighted by molar-refractivity contribution is 0.361. The van der Waals surface area contributed by atoms with E-state index in [-0.39, 0.29) is 11.7 Å². The van der Waals surface area contributed by atoms with Gasteiger partial charge in [-0.2, -0.15) is 4.98 Å². The maximum Gasteiger partial charge on any atom is 0.231 e. The Balaban J connectivity index is 2.33. The van der Waals surface area contributed by atoms with Crippen molar-refractivity contribution in [3.63, 3.8) is 0 Å². The monoisotopic (exact) mass is 239 g/mol. The summed E-state index contributed by atoms with van der Waals surface area (Å²) in [5.41, 5.74) is 5.82. The Kier molecular flexibility index (Phi) is 3.14. The molecule has 0 fully saturated rings. The van der Waals surface area contributed by atoms with Gasteiger partial charge < -0.3 is 10.3 Å². The van der Waals surface area contributed by atoms with Crippen LogP contribution in [0.25, 0.3) is 11.4 Å². The van der Waals surface area contributed by atoms with Gasteiger partial charge in [-0.1, -0.05) is 12.1 Å². The molecular formula is C11H11F2N3O. The molecule has 6 heteroatoms. The summed E-state index contributed by atoms with van der Waals surface area (Å²) in [6.45, 7) is 2.21. The molecule has 0 saturated carbocycles. The molecule has 1 unspecified atom stereocenters. The van der Waals surface area contributed by atoms with Gasteiger partial charge in [0.05, 0.1) is 0 Å². The van der Waals surface area contributed by atoms with E-state index in [2.05, 4.69) is 10.1 Å². The molecule has 17 heavy (non-hydrogen) atoms. The molecule has 0 aliphatic rings. The second kappa shape index (κ2) is 4.58. The summed E-state index contributed by atoms with van der Waals surface area (Å²) in [7, 11) is 0. The first-order valence-corrected chi connectivity index (χ1v) is 5.11. The number of benzene rings is 1. The molecule has 0 aliphatic carbocycles. The molecule has 1 atom stereocenters. The van der Waals surface area contributed by atoms with Crippen LogP contribution in [0.2, 0.25) is 0 Å². The Hall–Kier alpha value is -1.82. The Morgan fingerprint density at radius 2 is 2.12 bits per heavy atom. The number of nitrogens with zero attached hydrogens (tertiary/aromatic N) is 2. The number of rotatable bonds is 3. The lowest BCUT2D eigenvalue weighted by Crippen LogP contribution is -2.08. The van der Waals surface area contributed by atoms with Gasteiger partial charge in [0.25, 0.3) is 0 Å². The molecule has 0 radical (unpaired) electrons. The maximum atomic E-state index is 13.0. The molecule has 4 nitrogen and oxygen atoms in total. The minimum Gasteiger partial charge on any atom is -0.339 e. The van der Waals surface area contributed by atoms with Crippen LogP contribution in [0, 0.1) is 11.6 Å². The highest BCUT2D eigenvalue weighted by Gasteiger charge is 2.14. The fourth-order valence-corrected chi connectivity index (χ4v) is 1.29. The third kappa shape index (κ3) is 2.31. The first-order chi connectivity index (χ1) is 8.11. The standard InChI is InChI=1S/C11H11F2N3O/c1-6(5-14)11-15-10(16-17-11)7-2-3-8(12)9(13)4-7/h2-4,6H,5,14H2,1H3. The van der Waals surface area contributed by atoms with E-state index in [1.54, 1.807) is 0 Å². The lowest BCUT2D eigenvalue weighted by Gasteiger charge is -1.99. The van der Waals surface area contributed by atoms with Crippen molar-refractivity contribution >= 4 is 0 Å². The molecule has 1 heterocycles. The van der Waals surface area contributed by atoms with Gasteiger partial charge in [-0.3, -0.25) is 0 Å². The fourth-order valence-electron chi connectivity index (χ4n) is 1.29. The Morgan fingerprint density at radius 1 is 1.35 bits per heavy atom. The summed E-state index contributed by atoms with van der Waals surface area (Å²) >= 11 is 0. The van der Waals surface area contributed by atoms with E-state index in [0.717, 1.165) is 12.1 Å².